The number of halogens is 1. The van der Waals surface area contributed by atoms with Crippen molar-refractivity contribution in [1.82, 2.24) is 0 Å². The molecular weight excluding hydrogens is 286 g/mol. The summed E-state index contributed by atoms with van der Waals surface area (Å²) in [7, 11) is -3.80. The molecule has 0 radical (unpaired) electrons. The molecule has 98 valence electrons. The molecule has 0 aliphatic carbocycles. The van der Waals surface area contributed by atoms with Crippen molar-refractivity contribution >= 4 is 26.9 Å². The Bertz CT molecular complexity index is 724. The van der Waals surface area contributed by atoms with Crippen molar-refractivity contribution in [2.24, 2.45) is 5.14 Å². The van der Waals surface area contributed by atoms with Crippen molar-refractivity contribution in [3.05, 3.63) is 54.1 Å². The molecule has 0 spiro atoms. The molecule has 0 heterocycles. The maximum atomic E-state index is 11.5. The standard InChI is InChI=1S/C13H10ClNO3S/c14-13(16)10-7-5-9(6-8-10)11-3-1-2-4-12(11)19(15,17)18/h1-8H,(H2,15,17,18). The summed E-state index contributed by atoms with van der Waals surface area (Å²) in [6, 6.07) is 12.7. The van der Waals surface area contributed by atoms with Crippen LogP contribution in [0.4, 0.5) is 0 Å². The van der Waals surface area contributed by atoms with Crippen molar-refractivity contribution in [3.8, 4) is 11.1 Å². The van der Waals surface area contributed by atoms with Crippen LogP contribution in [0.5, 0.6) is 0 Å². The first-order chi connectivity index (χ1) is 8.89. The number of hydrogen-bond acceptors (Lipinski definition) is 3. The Morgan fingerprint density at radius 1 is 1.00 bits per heavy atom. The van der Waals surface area contributed by atoms with E-state index in [-0.39, 0.29) is 4.90 Å². The van der Waals surface area contributed by atoms with Crippen molar-refractivity contribution < 1.29 is 13.2 Å². The Labute approximate surface area is 115 Å². The lowest BCUT2D eigenvalue weighted by Crippen LogP contribution is -2.13. The minimum atomic E-state index is -3.80. The summed E-state index contributed by atoms with van der Waals surface area (Å²) in [5.74, 6) is 0. The lowest BCUT2D eigenvalue weighted by atomic mass is 10.0. The molecule has 0 aliphatic rings. The van der Waals surface area contributed by atoms with Gasteiger partial charge in [0, 0.05) is 11.1 Å². The van der Waals surface area contributed by atoms with Crippen LogP contribution in [0.15, 0.2) is 53.4 Å². The van der Waals surface area contributed by atoms with Gasteiger partial charge in [-0.2, -0.15) is 0 Å². The van der Waals surface area contributed by atoms with Gasteiger partial charge in [-0.1, -0.05) is 30.3 Å². The van der Waals surface area contributed by atoms with Crippen LogP contribution in [0.1, 0.15) is 10.4 Å². The zero-order valence-electron chi connectivity index (χ0n) is 9.71. The van der Waals surface area contributed by atoms with E-state index in [0.717, 1.165) is 0 Å². The highest BCUT2D eigenvalue weighted by atomic mass is 35.5. The van der Waals surface area contributed by atoms with Gasteiger partial charge >= 0.3 is 0 Å². The molecule has 0 fully saturated rings. The van der Waals surface area contributed by atoms with Crippen molar-refractivity contribution in [3.63, 3.8) is 0 Å². The topological polar surface area (TPSA) is 77.2 Å². The first-order valence-electron chi connectivity index (χ1n) is 5.31. The van der Waals surface area contributed by atoms with Gasteiger partial charge in [-0.25, -0.2) is 13.6 Å². The second-order valence-electron chi connectivity index (χ2n) is 3.89. The molecule has 0 amide bonds. The number of benzene rings is 2. The molecule has 0 saturated heterocycles. The van der Waals surface area contributed by atoms with E-state index in [9.17, 15) is 13.2 Å². The highest BCUT2D eigenvalue weighted by Gasteiger charge is 2.14. The molecule has 2 aromatic rings. The molecule has 0 atom stereocenters. The van der Waals surface area contributed by atoms with Crippen molar-refractivity contribution in [1.29, 1.82) is 0 Å². The third kappa shape index (κ3) is 3.01. The van der Waals surface area contributed by atoms with E-state index in [1.54, 1.807) is 30.3 Å². The van der Waals surface area contributed by atoms with E-state index in [4.69, 9.17) is 16.7 Å². The van der Waals surface area contributed by atoms with Crippen molar-refractivity contribution in [2.75, 3.05) is 0 Å². The van der Waals surface area contributed by atoms with E-state index in [0.29, 0.717) is 16.7 Å². The quantitative estimate of drug-likeness (QED) is 0.883. The third-order valence-corrected chi connectivity index (χ3v) is 3.80. The summed E-state index contributed by atoms with van der Waals surface area (Å²) in [6.45, 7) is 0. The fraction of sp³-hybridized carbons (Fsp3) is 0. The molecule has 0 aliphatic heterocycles. The number of rotatable bonds is 3. The number of hydrogen-bond donors (Lipinski definition) is 1. The van der Waals surface area contributed by atoms with Gasteiger partial charge in [0.05, 0.1) is 4.90 Å². The number of nitrogens with two attached hydrogens (primary N) is 1. The van der Waals surface area contributed by atoms with Crippen LogP contribution in [0.2, 0.25) is 0 Å². The van der Waals surface area contributed by atoms with Gasteiger partial charge in [-0.15, -0.1) is 0 Å². The number of carbonyl (C=O) groups excluding carboxylic acids is 1. The second kappa shape index (κ2) is 5.13. The molecule has 4 nitrogen and oxygen atoms in total. The maximum absolute atomic E-state index is 11.5. The predicted molar refractivity (Wildman–Crippen MR) is 73.4 cm³/mol. The smallest absolute Gasteiger partial charge is 0.252 e. The molecule has 2 rings (SSSR count). The molecule has 0 saturated carbocycles. The highest BCUT2D eigenvalue weighted by Crippen LogP contribution is 2.26. The first-order valence-corrected chi connectivity index (χ1v) is 7.24. The van der Waals surface area contributed by atoms with Crippen LogP contribution in [0.25, 0.3) is 11.1 Å². The Hall–Kier alpha value is -1.69. The van der Waals surface area contributed by atoms with E-state index < -0.39 is 15.3 Å². The van der Waals surface area contributed by atoms with Crippen LogP contribution in [0, 0.1) is 0 Å². The van der Waals surface area contributed by atoms with Gasteiger partial charge in [0.25, 0.3) is 5.24 Å². The minimum Gasteiger partial charge on any atom is -0.276 e. The summed E-state index contributed by atoms with van der Waals surface area (Å²) in [4.78, 5) is 11.0. The third-order valence-electron chi connectivity index (χ3n) is 2.62. The van der Waals surface area contributed by atoms with Gasteiger partial charge in [0.15, 0.2) is 0 Å². The van der Waals surface area contributed by atoms with Crippen LogP contribution >= 0.6 is 11.6 Å². The van der Waals surface area contributed by atoms with Crippen LogP contribution < -0.4 is 5.14 Å². The van der Waals surface area contributed by atoms with Gasteiger partial charge in [-0.05, 0) is 35.4 Å². The Balaban J connectivity index is 2.57. The van der Waals surface area contributed by atoms with Crippen LogP contribution in [-0.4, -0.2) is 13.7 Å². The molecule has 2 N–H and O–H groups in total. The van der Waals surface area contributed by atoms with Crippen molar-refractivity contribution in [2.45, 2.75) is 4.90 Å². The SMILES string of the molecule is NS(=O)(=O)c1ccccc1-c1ccc(C(=O)Cl)cc1. The fourth-order valence-electron chi connectivity index (χ4n) is 1.73. The Morgan fingerprint density at radius 2 is 1.58 bits per heavy atom. The van der Waals surface area contributed by atoms with Gasteiger partial charge in [0.2, 0.25) is 10.0 Å². The average molecular weight is 296 g/mol. The first kappa shape index (κ1) is 13.7. The number of sulfonamides is 1. The average Bonchev–Trinajstić information content (AvgIpc) is 2.38. The molecule has 0 bridgehead atoms. The summed E-state index contributed by atoms with van der Waals surface area (Å²) in [5.41, 5.74) is 1.48. The molecule has 2 aromatic carbocycles. The molecule has 6 heteroatoms. The van der Waals surface area contributed by atoms with Crippen LogP contribution in [0.3, 0.4) is 0 Å². The highest BCUT2D eigenvalue weighted by molar-refractivity contribution is 7.89. The fourth-order valence-corrected chi connectivity index (χ4v) is 2.62. The van der Waals surface area contributed by atoms with E-state index >= 15 is 0 Å². The summed E-state index contributed by atoms with van der Waals surface area (Å²) in [5, 5.41) is 4.61. The molecular formula is C13H10ClNO3S. The second-order valence-corrected chi connectivity index (χ2v) is 5.77. The zero-order valence-corrected chi connectivity index (χ0v) is 11.3. The van der Waals surface area contributed by atoms with Gasteiger partial charge < -0.3 is 0 Å². The number of primary sulfonamides is 1. The Kier molecular flexibility index (Phi) is 3.71. The Morgan fingerprint density at radius 3 is 2.11 bits per heavy atom. The lowest BCUT2D eigenvalue weighted by molar-refractivity contribution is 0.108. The molecule has 0 aromatic heterocycles. The maximum Gasteiger partial charge on any atom is 0.252 e. The largest absolute Gasteiger partial charge is 0.276 e. The minimum absolute atomic E-state index is 0.0416. The summed E-state index contributed by atoms with van der Waals surface area (Å²) >= 11 is 5.35. The summed E-state index contributed by atoms with van der Waals surface area (Å²) < 4.78 is 23.0. The van der Waals surface area contributed by atoms with E-state index in [1.807, 2.05) is 0 Å². The van der Waals surface area contributed by atoms with E-state index in [2.05, 4.69) is 0 Å². The lowest BCUT2D eigenvalue weighted by Gasteiger charge is -2.07. The van der Waals surface area contributed by atoms with E-state index in [1.165, 1.54) is 18.2 Å². The molecule has 19 heavy (non-hydrogen) atoms. The zero-order chi connectivity index (χ0) is 14.0. The molecule has 0 unspecified atom stereocenters. The normalized spacial score (nSPS) is 11.3. The van der Waals surface area contributed by atoms with Gasteiger partial charge in [0.1, 0.15) is 0 Å². The predicted octanol–water partition coefficient (Wildman–Crippen LogP) is 2.38. The number of carbonyl (C=O) groups is 1. The summed E-state index contributed by atoms with van der Waals surface area (Å²) in [6.07, 6.45) is 0. The van der Waals surface area contributed by atoms with Gasteiger partial charge in [-0.3, -0.25) is 4.79 Å². The van der Waals surface area contributed by atoms with Crippen LogP contribution in [-0.2, 0) is 10.0 Å². The monoisotopic (exact) mass is 295 g/mol.